The molecule has 1 fully saturated rings. The minimum absolute atomic E-state index is 0.151. The van der Waals surface area contributed by atoms with Crippen LogP contribution in [0.3, 0.4) is 0 Å². The fraction of sp³-hybridized carbons (Fsp3) is 0.647. The molecule has 1 aromatic rings. The van der Waals surface area contributed by atoms with Crippen molar-refractivity contribution in [1.82, 2.24) is 5.32 Å². The van der Waals surface area contributed by atoms with Crippen LogP contribution >= 0.6 is 0 Å². The predicted octanol–water partition coefficient (Wildman–Crippen LogP) is 4.46. The zero-order valence-corrected chi connectivity index (χ0v) is 12.8. The molecule has 0 amide bonds. The van der Waals surface area contributed by atoms with Gasteiger partial charge in [0, 0.05) is 11.6 Å². The van der Waals surface area contributed by atoms with Crippen molar-refractivity contribution in [3.63, 3.8) is 0 Å². The first-order valence-electron chi connectivity index (χ1n) is 7.67. The third kappa shape index (κ3) is 3.14. The summed E-state index contributed by atoms with van der Waals surface area (Å²) in [6.45, 7) is 5.30. The molecule has 1 aromatic carbocycles. The molecule has 0 aliphatic heterocycles. The molecule has 1 unspecified atom stereocenters. The number of hydrogen-bond acceptors (Lipinski definition) is 2. The first kappa shape index (κ1) is 15.3. The van der Waals surface area contributed by atoms with E-state index in [1.165, 1.54) is 38.2 Å². The molecule has 1 aliphatic rings. The summed E-state index contributed by atoms with van der Waals surface area (Å²) in [5.41, 5.74) is 1.13. The maximum absolute atomic E-state index is 13.7. The highest BCUT2D eigenvalue weighted by Gasteiger charge is 2.37. The Morgan fingerprint density at radius 1 is 1.30 bits per heavy atom. The molecule has 1 atom stereocenters. The minimum Gasteiger partial charge on any atom is -0.496 e. The second kappa shape index (κ2) is 6.57. The van der Waals surface area contributed by atoms with Gasteiger partial charge in [0.2, 0.25) is 0 Å². The average molecular weight is 279 g/mol. The molecular formula is C17H26FNO. The highest BCUT2D eigenvalue weighted by molar-refractivity contribution is 5.37. The van der Waals surface area contributed by atoms with Gasteiger partial charge in [-0.2, -0.15) is 0 Å². The van der Waals surface area contributed by atoms with Crippen molar-refractivity contribution < 1.29 is 9.13 Å². The monoisotopic (exact) mass is 279 g/mol. The van der Waals surface area contributed by atoms with Crippen LogP contribution in [0.25, 0.3) is 0 Å². The van der Waals surface area contributed by atoms with E-state index in [-0.39, 0.29) is 17.3 Å². The summed E-state index contributed by atoms with van der Waals surface area (Å²) in [6.07, 6.45) is 6.20. The SMILES string of the molecule is CCNC(c1cc(F)ccc1OC)C1(C)CCCCC1. The summed E-state index contributed by atoms with van der Waals surface area (Å²) in [5, 5.41) is 3.56. The Kier molecular flexibility index (Phi) is 5.03. The molecule has 0 bridgehead atoms. The zero-order chi connectivity index (χ0) is 14.6. The second-order valence-electron chi connectivity index (χ2n) is 6.09. The van der Waals surface area contributed by atoms with Crippen molar-refractivity contribution in [3.05, 3.63) is 29.6 Å². The molecule has 0 aromatic heterocycles. The molecule has 1 saturated carbocycles. The standard InChI is InChI=1S/C17H26FNO/c1-4-19-16(17(2)10-6-5-7-11-17)14-12-13(18)8-9-15(14)20-3/h8-9,12,16,19H,4-7,10-11H2,1-3H3. The summed E-state index contributed by atoms with van der Waals surface area (Å²) in [6, 6.07) is 4.99. The lowest BCUT2D eigenvalue weighted by Crippen LogP contribution is -2.38. The van der Waals surface area contributed by atoms with Crippen LogP contribution in [0.15, 0.2) is 18.2 Å². The largest absolute Gasteiger partial charge is 0.496 e. The summed E-state index contributed by atoms with van der Waals surface area (Å²) in [4.78, 5) is 0. The van der Waals surface area contributed by atoms with Gasteiger partial charge in [0.1, 0.15) is 11.6 Å². The van der Waals surface area contributed by atoms with E-state index in [0.717, 1.165) is 17.9 Å². The van der Waals surface area contributed by atoms with Crippen LogP contribution in [0.5, 0.6) is 5.75 Å². The number of halogens is 1. The summed E-state index contributed by atoms with van der Waals surface area (Å²) in [5.74, 6) is 0.590. The van der Waals surface area contributed by atoms with Crippen LogP contribution in [-0.4, -0.2) is 13.7 Å². The molecule has 1 N–H and O–H groups in total. The van der Waals surface area contributed by atoms with Crippen molar-refractivity contribution in [3.8, 4) is 5.75 Å². The van der Waals surface area contributed by atoms with Gasteiger partial charge < -0.3 is 10.1 Å². The molecule has 2 nitrogen and oxygen atoms in total. The van der Waals surface area contributed by atoms with Crippen molar-refractivity contribution in [2.75, 3.05) is 13.7 Å². The van der Waals surface area contributed by atoms with Crippen LogP contribution < -0.4 is 10.1 Å². The van der Waals surface area contributed by atoms with Crippen molar-refractivity contribution in [2.24, 2.45) is 5.41 Å². The van der Waals surface area contributed by atoms with Crippen LogP contribution in [-0.2, 0) is 0 Å². The number of ether oxygens (including phenoxy) is 1. The smallest absolute Gasteiger partial charge is 0.123 e. The summed E-state index contributed by atoms with van der Waals surface area (Å²) in [7, 11) is 1.66. The van der Waals surface area contributed by atoms with Crippen molar-refractivity contribution >= 4 is 0 Å². The number of nitrogens with one attached hydrogen (secondary N) is 1. The van der Waals surface area contributed by atoms with Crippen molar-refractivity contribution in [1.29, 1.82) is 0 Å². The fourth-order valence-corrected chi connectivity index (χ4v) is 3.51. The molecule has 0 saturated heterocycles. The lowest BCUT2D eigenvalue weighted by Gasteiger charge is -2.42. The Morgan fingerprint density at radius 3 is 2.60 bits per heavy atom. The molecular weight excluding hydrogens is 253 g/mol. The first-order valence-corrected chi connectivity index (χ1v) is 7.67. The Hall–Kier alpha value is -1.09. The lowest BCUT2D eigenvalue weighted by molar-refractivity contribution is 0.143. The molecule has 3 heteroatoms. The molecule has 20 heavy (non-hydrogen) atoms. The normalized spacial score (nSPS) is 19.6. The first-order chi connectivity index (χ1) is 9.60. The van der Waals surface area contributed by atoms with Gasteiger partial charge >= 0.3 is 0 Å². The van der Waals surface area contributed by atoms with Gasteiger partial charge in [-0.25, -0.2) is 4.39 Å². The van der Waals surface area contributed by atoms with E-state index in [0.29, 0.717) is 0 Å². The quantitative estimate of drug-likeness (QED) is 0.859. The molecule has 1 aliphatic carbocycles. The molecule has 0 spiro atoms. The third-order valence-electron chi connectivity index (χ3n) is 4.60. The Bertz CT molecular complexity index is 441. The average Bonchev–Trinajstić information content (AvgIpc) is 2.45. The second-order valence-corrected chi connectivity index (χ2v) is 6.09. The van der Waals surface area contributed by atoms with Crippen LogP contribution in [0.4, 0.5) is 4.39 Å². The minimum atomic E-state index is -0.192. The van der Waals surface area contributed by atoms with Gasteiger partial charge in [-0.3, -0.25) is 0 Å². The fourth-order valence-electron chi connectivity index (χ4n) is 3.51. The Morgan fingerprint density at radius 2 is 2.00 bits per heavy atom. The topological polar surface area (TPSA) is 21.3 Å². The molecule has 0 radical (unpaired) electrons. The number of rotatable bonds is 5. The summed E-state index contributed by atoms with van der Waals surface area (Å²) >= 11 is 0. The number of hydrogen-bond donors (Lipinski definition) is 1. The van der Waals surface area contributed by atoms with E-state index < -0.39 is 0 Å². The Labute approximate surface area is 121 Å². The van der Waals surface area contributed by atoms with E-state index >= 15 is 0 Å². The lowest BCUT2D eigenvalue weighted by atomic mass is 9.68. The summed E-state index contributed by atoms with van der Waals surface area (Å²) < 4.78 is 19.1. The van der Waals surface area contributed by atoms with Gasteiger partial charge in [-0.15, -0.1) is 0 Å². The van der Waals surface area contributed by atoms with Gasteiger partial charge in [0.25, 0.3) is 0 Å². The number of methoxy groups -OCH3 is 1. The zero-order valence-electron chi connectivity index (χ0n) is 12.8. The maximum atomic E-state index is 13.7. The molecule has 112 valence electrons. The Balaban J connectivity index is 2.39. The highest BCUT2D eigenvalue weighted by atomic mass is 19.1. The van der Waals surface area contributed by atoms with E-state index in [1.54, 1.807) is 19.2 Å². The van der Waals surface area contributed by atoms with E-state index in [9.17, 15) is 4.39 Å². The van der Waals surface area contributed by atoms with Gasteiger partial charge in [-0.1, -0.05) is 33.1 Å². The van der Waals surface area contributed by atoms with Crippen LogP contribution in [0.2, 0.25) is 0 Å². The van der Waals surface area contributed by atoms with E-state index in [4.69, 9.17) is 4.74 Å². The predicted molar refractivity (Wildman–Crippen MR) is 80.6 cm³/mol. The van der Waals surface area contributed by atoms with Crippen molar-refractivity contribution in [2.45, 2.75) is 52.0 Å². The third-order valence-corrected chi connectivity index (χ3v) is 4.60. The molecule has 0 heterocycles. The van der Waals surface area contributed by atoms with Gasteiger partial charge in [-0.05, 0) is 43.0 Å². The van der Waals surface area contributed by atoms with Gasteiger partial charge in [0.05, 0.1) is 7.11 Å². The van der Waals surface area contributed by atoms with Crippen LogP contribution in [0.1, 0.15) is 57.6 Å². The van der Waals surface area contributed by atoms with E-state index in [2.05, 4.69) is 19.2 Å². The highest BCUT2D eigenvalue weighted by Crippen LogP contribution is 2.47. The van der Waals surface area contributed by atoms with E-state index in [1.807, 2.05) is 0 Å². The van der Waals surface area contributed by atoms with Crippen LogP contribution in [0, 0.1) is 11.2 Å². The van der Waals surface area contributed by atoms with Gasteiger partial charge in [0.15, 0.2) is 0 Å². The maximum Gasteiger partial charge on any atom is 0.123 e. The number of benzene rings is 1. The molecule has 2 rings (SSSR count).